The van der Waals surface area contributed by atoms with Crippen molar-refractivity contribution < 1.29 is 24.1 Å². The quantitative estimate of drug-likeness (QED) is 0.592. The van der Waals surface area contributed by atoms with Crippen molar-refractivity contribution in [1.82, 2.24) is 15.2 Å². The highest BCUT2D eigenvalue weighted by atomic mass is 16.7. The fraction of sp³-hybridized carbons (Fsp3) is 0.550. The van der Waals surface area contributed by atoms with Crippen molar-refractivity contribution in [2.24, 2.45) is 0 Å². The van der Waals surface area contributed by atoms with E-state index < -0.39 is 12.4 Å². The lowest BCUT2D eigenvalue weighted by atomic mass is 9.95. The van der Waals surface area contributed by atoms with Gasteiger partial charge < -0.3 is 29.4 Å². The Morgan fingerprint density at radius 1 is 1.25 bits per heavy atom. The van der Waals surface area contributed by atoms with Gasteiger partial charge in [0.25, 0.3) is 0 Å². The van der Waals surface area contributed by atoms with E-state index in [1.807, 2.05) is 31.3 Å². The molecular weight excluding hydrogens is 362 g/mol. The zero-order valence-electron chi connectivity index (χ0n) is 15.9. The van der Waals surface area contributed by atoms with Gasteiger partial charge in [0.05, 0.1) is 31.3 Å². The molecule has 0 unspecified atom stereocenters. The van der Waals surface area contributed by atoms with Crippen LogP contribution in [0.2, 0.25) is 0 Å². The predicted molar refractivity (Wildman–Crippen MR) is 100 cm³/mol. The Morgan fingerprint density at radius 2 is 2.11 bits per heavy atom. The molecule has 0 aliphatic carbocycles. The van der Waals surface area contributed by atoms with Crippen LogP contribution in [0.15, 0.2) is 40.9 Å². The molecule has 3 N–H and O–H groups in total. The standard InChI is InChI=1S/C20H27N3O5/c1-23(9-7-13-4-2-3-8-21-13)18-19(25)17(16-12-26-20(18)28-16)22-10-14-5-6-15(11-24)27-14/h2-6,8,16-20,22,24-25H,7,9-12H2,1H3/t16-,17+,18-,19-,20+/m0/s1. The van der Waals surface area contributed by atoms with Gasteiger partial charge in [-0.1, -0.05) is 6.07 Å². The van der Waals surface area contributed by atoms with Crippen LogP contribution in [-0.4, -0.2) is 70.9 Å². The molecule has 2 aromatic heterocycles. The lowest BCUT2D eigenvalue weighted by Crippen LogP contribution is -2.63. The molecule has 152 valence electrons. The largest absolute Gasteiger partial charge is 0.462 e. The summed E-state index contributed by atoms with van der Waals surface area (Å²) < 4.78 is 17.3. The third-order valence-electron chi connectivity index (χ3n) is 5.47. The number of aliphatic hydroxyl groups excluding tert-OH is 2. The molecule has 8 heteroatoms. The first kappa shape index (κ1) is 19.5. The number of aliphatic hydroxyl groups is 2. The second-order valence-corrected chi connectivity index (χ2v) is 7.34. The summed E-state index contributed by atoms with van der Waals surface area (Å²) in [6, 6.07) is 8.89. The molecule has 28 heavy (non-hydrogen) atoms. The lowest BCUT2D eigenvalue weighted by molar-refractivity contribution is -0.178. The Bertz CT molecular complexity index is 755. The van der Waals surface area contributed by atoms with Gasteiger partial charge in [-0.2, -0.15) is 0 Å². The van der Waals surface area contributed by atoms with Crippen LogP contribution >= 0.6 is 0 Å². The average Bonchev–Trinajstić information content (AvgIpc) is 3.35. The number of nitrogens with zero attached hydrogens (tertiary/aromatic N) is 2. The Morgan fingerprint density at radius 3 is 2.86 bits per heavy atom. The first-order chi connectivity index (χ1) is 13.7. The SMILES string of the molecule is CN(CCc1ccccn1)[C@@H]1[C@@H]2OC[C@H](O2)[C@@H](NCc2ccc(CO)o2)[C@@H]1O. The molecule has 2 saturated heterocycles. The summed E-state index contributed by atoms with van der Waals surface area (Å²) in [6.07, 6.45) is 1.29. The van der Waals surface area contributed by atoms with Gasteiger partial charge in [0.15, 0.2) is 6.29 Å². The van der Waals surface area contributed by atoms with Crippen molar-refractivity contribution in [2.75, 3.05) is 20.2 Å². The van der Waals surface area contributed by atoms with Crippen LogP contribution in [-0.2, 0) is 29.0 Å². The molecule has 2 fully saturated rings. The second-order valence-electron chi connectivity index (χ2n) is 7.34. The van der Waals surface area contributed by atoms with Gasteiger partial charge >= 0.3 is 0 Å². The number of pyridine rings is 1. The number of furan rings is 1. The highest BCUT2D eigenvalue weighted by Crippen LogP contribution is 2.31. The summed E-state index contributed by atoms with van der Waals surface area (Å²) >= 11 is 0. The van der Waals surface area contributed by atoms with E-state index in [0.29, 0.717) is 24.7 Å². The number of rotatable bonds is 8. The molecule has 2 aromatic rings. The molecule has 0 spiro atoms. The van der Waals surface area contributed by atoms with E-state index in [-0.39, 0.29) is 24.8 Å². The summed E-state index contributed by atoms with van der Waals surface area (Å²) in [5.41, 5.74) is 1.01. The normalized spacial score (nSPS) is 29.5. The fourth-order valence-corrected chi connectivity index (χ4v) is 3.93. The molecule has 8 nitrogen and oxygen atoms in total. The number of hydrogen-bond donors (Lipinski definition) is 3. The van der Waals surface area contributed by atoms with E-state index >= 15 is 0 Å². The van der Waals surface area contributed by atoms with Gasteiger partial charge in [0.1, 0.15) is 24.2 Å². The third kappa shape index (κ3) is 4.12. The number of ether oxygens (including phenoxy) is 2. The smallest absolute Gasteiger partial charge is 0.176 e. The molecule has 5 atom stereocenters. The summed E-state index contributed by atoms with van der Waals surface area (Å²) in [5.74, 6) is 1.23. The maximum Gasteiger partial charge on any atom is 0.176 e. The van der Waals surface area contributed by atoms with Gasteiger partial charge in [-0.25, -0.2) is 0 Å². The molecule has 2 bridgehead atoms. The molecule has 4 rings (SSSR count). The van der Waals surface area contributed by atoms with Crippen molar-refractivity contribution in [1.29, 1.82) is 0 Å². The van der Waals surface area contributed by atoms with Crippen LogP contribution < -0.4 is 5.32 Å². The van der Waals surface area contributed by atoms with Crippen LogP contribution in [0.1, 0.15) is 17.2 Å². The number of nitrogens with one attached hydrogen (secondary N) is 1. The molecule has 0 amide bonds. The van der Waals surface area contributed by atoms with Gasteiger partial charge in [-0.3, -0.25) is 9.88 Å². The summed E-state index contributed by atoms with van der Waals surface area (Å²) in [5, 5.41) is 23.5. The molecule has 4 heterocycles. The van der Waals surface area contributed by atoms with Crippen molar-refractivity contribution in [3.8, 4) is 0 Å². The molecule has 0 saturated carbocycles. The summed E-state index contributed by atoms with van der Waals surface area (Å²) in [6.45, 7) is 1.49. The van der Waals surface area contributed by atoms with E-state index in [4.69, 9.17) is 19.0 Å². The third-order valence-corrected chi connectivity index (χ3v) is 5.47. The van der Waals surface area contributed by atoms with Crippen molar-refractivity contribution >= 4 is 0 Å². The molecule has 0 aromatic carbocycles. The molecule has 0 radical (unpaired) electrons. The van der Waals surface area contributed by atoms with E-state index in [0.717, 1.165) is 18.7 Å². The van der Waals surface area contributed by atoms with Crippen LogP contribution in [0.3, 0.4) is 0 Å². The highest BCUT2D eigenvalue weighted by Gasteiger charge is 2.51. The first-order valence-electron chi connectivity index (χ1n) is 9.63. The molecule has 2 aliphatic heterocycles. The molecule has 2 aliphatic rings. The Balaban J connectivity index is 1.38. The number of likely N-dealkylation sites (N-methyl/N-ethyl adjacent to an activating group) is 1. The molecular formula is C20H27N3O5. The second kappa shape index (κ2) is 8.69. The maximum absolute atomic E-state index is 11.1. The van der Waals surface area contributed by atoms with Crippen LogP contribution in [0.5, 0.6) is 0 Å². The van der Waals surface area contributed by atoms with Crippen molar-refractivity contribution in [2.45, 2.75) is 50.2 Å². The van der Waals surface area contributed by atoms with E-state index in [1.165, 1.54) is 0 Å². The number of fused-ring (bicyclic) bond motifs is 2. The maximum atomic E-state index is 11.1. The van der Waals surface area contributed by atoms with E-state index in [1.54, 1.807) is 12.3 Å². The van der Waals surface area contributed by atoms with Crippen LogP contribution in [0.4, 0.5) is 0 Å². The summed E-state index contributed by atoms with van der Waals surface area (Å²) in [7, 11) is 1.97. The zero-order valence-corrected chi connectivity index (χ0v) is 15.9. The minimum absolute atomic E-state index is 0.129. The predicted octanol–water partition coefficient (Wildman–Crippen LogP) is 0.284. The number of hydrogen-bond acceptors (Lipinski definition) is 8. The highest BCUT2D eigenvalue weighted by molar-refractivity contribution is 5.08. The van der Waals surface area contributed by atoms with Gasteiger partial charge in [0.2, 0.25) is 0 Å². The van der Waals surface area contributed by atoms with Crippen LogP contribution in [0.25, 0.3) is 0 Å². The Labute approximate surface area is 164 Å². The topological polar surface area (TPSA) is 100 Å². The minimum Gasteiger partial charge on any atom is -0.462 e. The van der Waals surface area contributed by atoms with E-state index in [9.17, 15) is 5.11 Å². The Kier molecular flexibility index (Phi) is 6.05. The Hall–Kier alpha value is -1.81. The van der Waals surface area contributed by atoms with Crippen LogP contribution in [0, 0.1) is 0 Å². The fourth-order valence-electron chi connectivity index (χ4n) is 3.93. The van der Waals surface area contributed by atoms with Crippen molar-refractivity contribution in [3.05, 3.63) is 53.7 Å². The van der Waals surface area contributed by atoms with Gasteiger partial charge in [-0.15, -0.1) is 0 Å². The average molecular weight is 389 g/mol. The minimum atomic E-state index is -0.646. The van der Waals surface area contributed by atoms with E-state index in [2.05, 4.69) is 15.2 Å². The number of aromatic nitrogens is 1. The van der Waals surface area contributed by atoms with Gasteiger partial charge in [0, 0.05) is 24.9 Å². The summed E-state index contributed by atoms with van der Waals surface area (Å²) in [4.78, 5) is 6.44. The monoisotopic (exact) mass is 389 g/mol. The van der Waals surface area contributed by atoms with Gasteiger partial charge in [-0.05, 0) is 31.3 Å². The van der Waals surface area contributed by atoms with Crippen molar-refractivity contribution in [3.63, 3.8) is 0 Å². The lowest BCUT2D eigenvalue weighted by Gasteiger charge is -2.42. The first-order valence-corrected chi connectivity index (χ1v) is 9.63. The zero-order chi connectivity index (χ0) is 19.5.